The smallest absolute Gasteiger partial charge is 0.128 e. The highest BCUT2D eigenvalue weighted by Crippen LogP contribution is 2.38. The Kier molecular flexibility index (Phi) is 2.34. The normalized spacial score (nSPS) is 47.3. The fraction of sp³-hybridized carbons (Fsp3) is 1.00. The van der Waals surface area contributed by atoms with E-state index >= 15 is 0 Å². The molecule has 13 heavy (non-hydrogen) atoms. The van der Waals surface area contributed by atoms with Gasteiger partial charge in [-0.25, -0.2) is 0 Å². The summed E-state index contributed by atoms with van der Waals surface area (Å²) in [7, 11) is 2.17. The van der Waals surface area contributed by atoms with E-state index in [0.29, 0.717) is 12.0 Å². The van der Waals surface area contributed by atoms with Gasteiger partial charge in [-0.2, -0.15) is 0 Å². The second-order valence-electron chi connectivity index (χ2n) is 4.34. The van der Waals surface area contributed by atoms with Crippen LogP contribution in [-0.2, 0) is 9.47 Å². The molecule has 3 atom stereocenters. The van der Waals surface area contributed by atoms with E-state index in [-0.39, 0.29) is 5.72 Å². The Morgan fingerprint density at radius 2 is 2.08 bits per heavy atom. The van der Waals surface area contributed by atoms with Crippen LogP contribution >= 0.6 is 0 Å². The zero-order valence-corrected chi connectivity index (χ0v) is 8.75. The summed E-state index contributed by atoms with van der Waals surface area (Å²) in [6.07, 6.45) is 1.01. The van der Waals surface area contributed by atoms with Crippen molar-refractivity contribution in [2.75, 3.05) is 26.9 Å². The second-order valence-corrected chi connectivity index (χ2v) is 4.34. The molecule has 0 aliphatic carbocycles. The van der Waals surface area contributed by atoms with E-state index < -0.39 is 0 Å². The minimum absolute atomic E-state index is 0.0301. The average Bonchev–Trinajstić information content (AvgIpc) is 2.40. The predicted molar refractivity (Wildman–Crippen MR) is 50.5 cm³/mol. The zero-order valence-electron chi connectivity index (χ0n) is 8.75. The van der Waals surface area contributed by atoms with Crippen molar-refractivity contribution in [3.05, 3.63) is 0 Å². The van der Waals surface area contributed by atoms with Crippen LogP contribution in [0.25, 0.3) is 0 Å². The Hall–Kier alpha value is -0.120. The molecular formula is C10H19NO2. The van der Waals surface area contributed by atoms with Gasteiger partial charge in [-0.15, -0.1) is 0 Å². The molecule has 2 rings (SSSR count). The van der Waals surface area contributed by atoms with Crippen molar-refractivity contribution in [3.63, 3.8) is 0 Å². The Morgan fingerprint density at radius 1 is 1.31 bits per heavy atom. The van der Waals surface area contributed by atoms with Crippen LogP contribution in [0.3, 0.4) is 0 Å². The molecule has 1 spiro atoms. The molecule has 2 saturated heterocycles. The van der Waals surface area contributed by atoms with E-state index in [1.807, 2.05) is 0 Å². The van der Waals surface area contributed by atoms with E-state index in [1.54, 1.807) is 0 Å². The van der Waals surface area contributed by atoms with Crippen LogP contribution in [0, 0.1) is 5.92 Å². The van der Waals surface area contributed by atoms with Crippen LogP contribution in [0.15, 0.2) is 0 Å². The molecule has 76 valence electrons. The third-order valence-corrected chi connectivity index (χ3v) is 3.58. The van der Waals surface area contributed by atoms with Crippen molar-refractivity contribution in [2.45, 2.75) is 32.0 Å². The van der Waals surface area contributed by atoms with E-state index in [0.717, 1.165) is 26.2 Å². The third kappa shape index (κ3) is 1.30. The maximum absolute atomic E-state index is 5.96. The summed E-state index contributed by atoms with van der Waals surface area (Å²) in [5.74, 6) is 0.483. The van der Waals surface area contributed by atoms with E-state index in [9.17, 15) is 0 Å². The first kappa shape index (κ1) is 9.44. The van der Waals surface area contributed by atoms with Gasteiger partial charge < -0.3 is 9.47 Å². The van der Waals surface area contributed by atoms with Gasteiger partial charge in [-0.05, 0) is 14.0 Å². The molecular weight excluding hydrogens is 166 g/mol. The molecule has 0 aromatic carbocycles. The van der Waals surface area contributed by atoms with Crippen LogP contribution < -0.4 is 0 Å². The average molecular weight is 185 g/mol. The first-order valence-corrected chi connectivity index (χ1v) is 5.11. The van der Waals surface area contributed by atoms with Gasteiger partial charge in [0.15, 0.2) is 0 Å². The molecule has 3 unspecified atom stereocenters. The van der Waals surface area contributed by atoms with E-state index in [1.165, 1.54) is 0 Å². The van der Waals surface area contributed by atoms with Gasteiger partial charge in [-0.3, -0.25) is 4.90 Å². The third-order valence-electron chi connectivity index (χ3n) is 3.58. The number of rotatable bonds is 0. The fourth-order valence-electron chi connectivity index (χ4n) is 2.45. The SMILES string of the molecule is CC1COC2(CCOCC2C)N1C. The molecule has 0 aromatic rings. The van der Waals surface area contributed by atoms with Gasteiger partial charge >= 0.3 is 0 Å². The Labute approximate surface area is 80.0 Å². The number of ether oxygens (including phenoxy) is 2. The van der Waals surface area contributed by atoms with Crippen molar-refractivity contribution in [1.82, 2.24) is 4.90 Å². The Morgan fingerprint density at radius 3 is 2.62 bits per heavy atom. The lowest BCUT2D eigenvalue weighted by molar-refractivity contribution is -0.174. The van der Waals surface area contributed by atoms with Crippen molar-refractivity contribution in [3.8, 4) is 0 Å². The van der Waals surface area contributed by atoms with Gasteiger partial charge in [0.05, 0.1) is 19.8 Å². The van der Waals surface area contributed by atoms with Gasteiger partial charge in [0.1, 0.15) is 5.72 Å². The summed E-state index contributed by atoms with van der Waals surface area (Å²) in [6.45, 7) is 6.96. The molecule has 2 heterocycles. The lowest BCUT2D eigenvalue weighted by atomic mass is 9.92. The highest BCUT2D eigenvalue weighted by molar-refractivity contribution is 4.94. The molecule has 0 radical (unpaired) electrons. The number of nitrogens with zero attached hydrogens (tertiary/aromatic N) is 1. The largest absolute Gasteiger partial charge is 0.381 e. The van der Waals surface area contributed by atoms with Gasteiger partial charge in [-0.1, -0.05) is 6.92 Å². The molecule has 2 aliphatic rings. The van der Waals surface area contributed by atoms with Crippen molar-refractivity contribution >= 4 is 0 Å². The topological polar surface area (TPSA) is 21.7 Å². The first-order chi connectivity index (χ1) is 6.17. The van der Waals surface area contributed by atoms with Crippen LogP contribution in [0.2, 0.25) is 0 Å². The van der Waals surface area contributed by atoms with Crippen LogP contribution in [-0.4, -0.2) is 43.5 Å². The monoisotopic (exact) mass is 185 g/mol. The predicted octanol–water partition coefficient (Wildman–Crippen LogP) is 1.09. The van der Waals surface area contributed by atoms with Gasteiger partial charge in [0.25, 0.3) is 0 Å². The van der Waals surface area contributed by atoms with Gasteiger partial charge in [0, 0.05) is 18.4 Å². The minimum Gasteiger partial charge on any atom is -0.381 e. The van der Waals surface area contributed by atoms with E-state index in [4.69, 9.17) is 9.47 Å². The standard InChI is InChI=1S/C10H19NO2/c1-8-6-12-5-4-10(8)11(3)9(2)7-13-10/h8-9H,4-7H2,1-3H3. The summed E-state index contributed by atoms with van der Waals surface area (Å²) in [4.78, 5) is 2.38. The molecule has 2 fully saturated rings. The summed E-state index contributed by atoms with van der Waals surface area (Å²) < 4.78 is 11.4. The Bertz CT molecular complexity index is 193. The Balaban J connectivity index is 2.17. The molecule has 0 aromatic heterocycles. The molecule has 2 aliphatic heterocycles. The zero-order chi connectivity index (χ0) is 9.47. The maximum Gasteiger partial charge on any atom is 0.128 e. The maximum atomic E-state index is 5.96. The second kappa shape index (κ2) is 3.23. The van der Waals surface area contributed by atoms with Crippen LogP contribution in [0.5, 0.6) is 0 Å². The van der Waals surface area contributed by atoms with Crippen LogP contribution in [0.1, 0.15) is 20.3 Å². The minimum atomic E-state index is -0.0301. The summed E-state index contributed by atoms with van der Waals surface area (Å²) >= 11 is 0. The van der Waals surface area contributed by atoms with Crippen molar-refractivity contribution in [2.24, 2.45) is 5.92 Å². The molecule has 0 N–H and O–H groups in total. The molecule has 3 nitrogen and oxygen atoms in total. The van der Waals surface area contributed by atoms with E-state index in [2.05, 4.69) is 25.8 Å². The highest BCUT2D eigenvalue weighted by Gasteiger charge is 2.49. The first-order valence-electron chi connectivity index (χ1n) is 5.11. The van der Waals surface area contributed by atoms with Crippen LogP contribution in [0.4, 0.5) is 0 Å². The number of hydrogen-bond acceptors (Lipinski definition) is 3. The molecule has 3 heteroatoms. The summed E-state index contributed by atoms with van der Waals surface area (Å²) in [5.41, 5.74) is -0.0301. The molecule has 0 saturated carbocycles. The summed E-state index contributed by atoms with van der Waals surface area (Å²) in [6, 6.07) is 0.542. The number of hydrogen-bond donors (Lipinski definition) is 0. The lowest BCUT2D eigenvalue weighted by Crippen LogP contribution is -2.54. The van der Waals surface area contributed by atoms with Gasteiger partial charge in [0.2, 0.25) is 0 Å². The van der Waals surface area contributed by atoms with Crippen molar-refractivity contribution in [1.29, 1.82) is 0 Å². The lowest BCUT2D eigenvalue weighted by Gasteiger charge is -2.43. The fourth-order valence-corrected chi connectivity index (χ4v) is 2.45. The quantitative estimate of drug-likeness (QED) is 0.564. The molecule has 0 amide bonds. The number of likely N-dealkylation sites (N-methyl/N-ethyl adjacent to an activating group) is 1. The summed E-state index contributed by atoms with van der Waals surface area (Å²) in [5, 5.41) is 0. The molecule has 0 bridgehead atoms. The highest BCUT2D eigenvalue weighted by atomic mass is 16.5. The van der Waals surface area contributed by atoms with Crippen molar-refractivity contribution < 1.29 is 9.47 Å².